The van der Waals surface area contributed by atoms with Crippen molar-refractivity contribution >= 4 is 17.4 Å². The van der Waals surface area contributed by atoms with E-state index >= 15 is 0 Å². The first-order chi connectivity index (χ1) is 16.6. The van der Waals surface area contributed by atoms with E-state index in [0.29, 0.717) is 46.9 Å². The number of anilines is 1. The van der Waals surface area contributed by atoms with E-state index in [1.807, 2.05) is 13.8 Å². The molecule has 0 bridgehead atoms. The van der Waals surface area contributed by atoms with Crippen LogP contribution in [0.2, 0.25) is 0 Å². The Balaban J connectivity index is 2.03. The lowest BCUT2D eigenvalue weighted by Gasteiger charge is -2.44. The molecule has 1 aliphatic heterocycles. The van der Waals surface area contributed by atoms with E-state index in [4.69, 9.17) is 19.9 Å². The predicted molar refractivity (Wildman–Crippen MR) is 129 cm³/mol. The fraction of sp³-hybridized carbons (Fsp3) is 0.333. The van der Waals surface area contributed by atoms with Gasteiger partial charge in [0, 0.05) is 23.4 Å². The van der Waals surface area contributed by atoms with Crippen LogP contribution in [0.4, 0.5) is 10.1 Å². The highest BCUT2D eigenvalue weighted by Gasteiger charge is 2.46. The first-order valence-corrected chi connectivity index (χ1v) is 11.2. The summed E-state index contributed by atoms with van der Waals surface area (Å²) in [5.41, 5.74) is 8.82. The van der Waals surface area contributed by atoms with Gasteiger partial charge >= 0.3 is 5.97 Å². The number of nitrogens with two attached hydrogens (primary N) is 1. The zero-order chi connectivity index (χ0) is 25.5. The maximum absolute atomic E-state index is 13.7. The third kappa shape index (κ3) is 4.24. The molecule has 0 radical (unpaired) electrons. The monoisotopic (exact) mass is 480 g/mol. The Labute approximate surface area is 204 Å². The van der Waals surface area contributed by atoms with Crippen molar-refractivity contribution in [2.24, 2.45) is 11.1 Å². The molecule has 0 amide bonds. The summed E-state index contributed by atoms with van der Waals surface area (Å²) in [5.74, 6) is -0.805. The van der Waals surface area contributed by atoms with Crippen molar-refractivity contribution in [2.75, 3.05) is 26.2 Å². The summed E-state index contributed by atoms with van der Waals surface area (Å²) in [4.78, 5) is 28.5. The lowest BCUT2D eigenvalue weighted by Crippen LogP contribution is -2.43. The number of ether oxygens (including phenoxy) is 3. The molecule has 7 nitrogen and oxygen atoms in total. The van der Waals surface area contributed by atoms with Crippen LogP contribution < -0.4 is 20.1 Å². The van der Waals surface area contributed by atoms with Crippen LogP contribution in [-0.2, 0) is 14.3 Å². The summed E-state index contributed by atoms with van der Waals surface area (Å²) in [5, 5.41) is 0. The second kappa shape index (κ2) is 9.09. The number of ketones is 1. The number of Topliss-reactive ketones (excluding diaryl/α,β-unsaturated/α-hetero) is 1. The molecule has 1 atom stereocenters. The van der Waals surface area contributed by atoms with Gasteiger partial charge in [-0.15, -0.1) is 0 Å². The van der Waals surface area contributed by atoms with Gasteiger partial charge in [-0.1, -0.05) is 19.9 Å². The summed E-state index contributed by atoms with van der Waals surface area (Å²) in [6, 6.07) is 11.0. The molecule has 35 heavy (non-hydrogen) atoms. The van der Waals surface area contributed by atoms with Crippen molar-refractivity contribution in [1.82, 2.24) is 0 Å². The number of nitrogens with zero attached hydrogens (tertiary/aromatic N) is 1. The molecule has 0 aromatic heterocycles. The highest BCUT2D eigenvalue weighted by atomic mass is 19.1. The topological polar surface area (TPSA) is 91.1 Å². The lowest BCUT2D eigenvalue weighted by molar-refractivity contribution is -0.136. The van der Waals surface area contributed by atoms with Crippen molar-refractivity contribution < 1.29 is 28.2 Å². The average Bonchev–Trinajstić information content (AvgIpc) is 2.82. The van der Waals surface area contributed by atoms with Gasteiger partial charge in [0.1, 0.15) is 11.6 Å². The molecule has 8 heteroatoms. The number of carbonyl (C=O) groups excluding carboxylic acids is 2. The van der Waals surface area contributed by atoms with Gasteiger partial charge in [-0.2, -0.15) is 0 Å². The summed E-state index contributed by atoms with van der Waals surface area (Å²) < 4.78 is 29.7. The maximum Gasteiger partial charge on any atom is 0.338 e. The van der Waals surface area contributed by atoms with Crippen LogP contribution in [0.15, 0.2) is 65.1 Å². The highest BCUT2D eigenvalue weighted by Crippen LogP contribution is 2.51. The first kappa shape index (κ1) is 24.3. The zero-order valence-corrected chi connectivity index (χ0v) is 20.5. The molecule has 1 aliphatic carbocycles. The Bertz CT molecular complexity index is 1250. The Hall–Kier alpha value is -3.81. The first-order valence-electron chi connectivity index (χ1n) is 11.2. The SMILES string of the molecule is COC(=O)C1=C(N)N(c2ccc(F)cc2)C2=C(C(=O)CC(C)(C)C2)C1c1ccc(OC)c(OC)c1. The molecule has 1 heterocycles. The van der Waals surface area contributed by atoms with Crippen LogP contribution in [0, 0.1) is 11.2 Å². The number of halogens is 1. The van der Waals surface area contributed by atoms with Crippen molar-refractivity contribution in [1.29, 1.82) is 0 Å². The molecule has 0 saturated heterocycles. The predicted octanol–water partition coefficient (Wildman–Crippen LogP) is 4.43. The minimum Gasteiger partial charge on any atom is -0.493 e. The molecule has 1 unspecified atom stereocenters. The minimum absolute atomic E-state index is 0.0861. The minimum atomic E-state index is -0.766. The Kier molecular flexibility index (Phi) is 6.32. The molecule has 2 aromatic carbocycles. The fourth-order valence-corrected chi connectivity index (χ4v) is 4.97. The number of methoxy groups -OCH3 is 3. The van der Waals surface area contributed by atoms with Crippen molar-refractivity contribution in [2.45, 2.75) is 32.6 Å². The molecule has 4 rings (SSSR count). The summed E-state index contributed by atoms with van der Waals surface area (Å²) in [6.45, 7) is 4.03. The second-order valence-electron chi connectivity index (χ2n) is 9.45. The Morgan fingerprint density at radius 1 is 1.03 bits per heavy atom. The van der Waals surface area contributed by atoms with Crippen LogP contribution in [0.5, 0.6) is 11.5 Å². The fourth-order valence-electron chi connectivity index (χ4n) is 4.97. The molecule has 2 N–H and O–H groups in total. The molecule has 0 fully saturated rings. The van der Waals surface area contributed by atoms with Crippen LogP contribution >= 0.6 is 0 Å². The van der Waals surface area contributed by atoms with Crippen molar-refractivity contribution in [3.8, 4) is 11.5 Å². The van der Waals surface area contributed by atoms with E-state index in [9.17, 15) is 14.0 Å². The molecule has 2 aliphatic rings. The molecular weight excluding hydrogens is 451 g/mol. The summed E-state index contributed by atoms with van der Waals surface area (Å²) in [6.07, 6.45) is 0.839. The van der Waals surface area contributed by atoms with Gasteiger partial charge in [0.2, 0.25) is 0 Å². The third-order valence-electron chi connectivity index (χ3n) is 6.49. The standard InChI is InChI=1S/C27H29FN2O5/c1-27(2)13-18-23(19(31)14-27)22(15-6-11-20(33-3)21(12-15)34-4)24(26(32)35-5)25(29)30(18)17-9-7-16(28)8-10-17/h6-12,22H,13-14,29H2,1-5H3. The van der Waals surface area contributed by atoms with E-state index in [1.54, 1.807) is 35.2 Å². The van der Waals surface area contributed by atoms with Crippen LogP contribution in [0.1, 0.15) is 38.2 Å². The highest BCUT2D eigenvalue weighted by molar-refractivity contribution is 6.05. The van der Waals surface area contributed by atoms with Crippen LogP contribution in [0.25, 0.3) is 0 Å². The summed E-state index contributed by atoms with van der Waals surface area (Å²) in [7, 11) is 4.32. The van der Waals surface area contributed by atoms with E-state index in [2.05, 4.69) is 0 Å². The second-order valence-corrected chi connectivity index (χ2v) is 9.45. The van der Waals surface area contributed by atoms with E-state index < -0.39 is 17.7 Å². The molecule has 0 saturated carbocycles. The third-order valence-corrected chi connectivity index (χ3v) is 6.49. The van der Waals surface area contributed by atoms with Gasteiger partial charge < -0.3 is 19.9 Å². The number of esters is 1. The number of hydrogen-bond acceptors (Lipinski definition) is 7. The molecule has 184 valence electrons. The van der Waals surface area contributed by atoms with Gasteiger partial charge in [-0.25, -0.2) is 9.18 Å². The molecule has 0 spiro atoms. The van der Waals surface area contributed by atoms with Crippen LogP contribution in [-0.4, -0.2) is 33.1 Å². The number of rotatable bonds is 5. The normalized spacial score (nSPS) is 19.4. The summed E-state index contributed by atoms with van der Waals surface area (Å²) >= 11 is 0. The van der Waals surface area contributed by atoms with E-state index in [1.165, 1.54) is 33.5 Å². The zero-order valence-electron chi connectivity index (χ0n) is 20.5. The Morgan fingerprint density at radius 2 is 1.69 bits per heavy atom. The number of benzene rings is 2. The van der Waals surface area contributed by atoms with Gasteiger partial charge in [0.05, 0.1) is 32.8 Å². The average molecular weight is 481 g/mol. The lowest BCUT2D eigenvalue weighted by atomic mass is 9.68. The quantitative estimate of drug-likeness (QED) is 0.633. The van der Waals surface area contributed by atoms with Crippen molar-refractivity contribution in [3.63, 3.8) is 0 Å². The number of allylic oxidation sites excluding steroid dienone is 2. The van der Waals surface area contributed by atoms with Gasteiger partial charge in [-0.05, 0) is 53.8 Å². The van der Waals surface area contributed by atoms with Gasteiger partial charge in [-0.3, -0.25) is 9.69 Å². The van der Waals surface area contributed by atoms with Gasteiger partial charge in [0.25, 0.3) is 0 Å². The van der Waals surface area contributed by atoms with Gasteiger partial charge in [0.15, 0.2) is 17.3 Å². The molecule has 2 aromatic rings. The number of carbonyl (C=O) groups is 2. The van der Waals surface area contributed by atoms with E-state index in [-0.39, 0.29) is 22.6 Å². The smallest absolute Gasteiger partial charge is 0.338 e. The van der Waals surface area contributed by atoms with Crippen molar-refractivity contribution in [3.05, 3.63) is 76.5 Å². The number of hydrogen-bond donors (Lipinski definition) is 1. The maximum atomic E-state index is 13.7. The van der Waals surface area contributed by atoms with E-state index in [0.717, 1.165) is 0 Å². The Morgan fingerprint density at radius 3 is 2.29 bits per heavy atom. The molecular formula is C27H29FN2O5. The van der Waals surface area contributed by atoms with Crippen LogP contribution in [0.3, 0.4) is 0 Å². The largest absolute Gasteiger partial charge is 0.493 e.